The first-order valence-corrected chi connectivity index (χ1v) is 8.14. The number of benzene rings is 1. The number of fused-ring (bicyclic) bond motifs is 2. The van der Waals surface area contributed by atoms with Gasteiger partial charge >= 0.3 is 0 Å². The second-order valence-electron chi connectivity index (χ2n) is 6.39. The maximum atomic E-state index is 10.5. The molecule has 0 bridgehead atoms. The van der Waals surface area contributed by atoms with Crippen LogP contribution in [0.4, 0.5) is 5.82 Å². The topological polar surface area (TPSA) is 111 Å². The summed E-state index contributed by atoms with van der Waals surface area (Å²) in [5.41, 5.74) is 8.96. The van der Waals surface area contributed by atoms with Crippen molar-refractivity contribution in [1.82, 2.24) is 19.5 Å². The van der Waals surface area contributed by atoms with E-state index >= 15 is 0 Å². The van der Waals surface area contributed by atoms with E-state index in [1.807, 2.05) is 34.9 Å². The summed E-state index contributed by atoms with van der Waals surface area (Å²) < 4.78 is 1.95. The molecule has 2 aromatic heterocycles. The minimum Gasteiger partial charge on any atom is -0.389 e. The number of hydrogen-bond acceptors (Lipinski definition) is 7. The third-order valence-corrected chi connectivity index (χ3v) is 5.03. The fourth-order valence-electron chi connectivity index (χ4n) is 3.89. The minimum absolute atomic E-state index is 0.0687. The smallest absolute Gasteiger partial charge is 0.165 e. The Kier molecular flexibility index (Phi) is 3.01. The zero-order chi connectivity index (χ0) is 17.0. The van der Waals surface area contributed by atoms with Gasteiger partial charge in [-0.05, 0) is 12.0 Å². The fraction of sp³-hybridized carbons (Fsp3) is 0.294. The van der Waals surface area contributed by atoms with Crippen LogP contribution in [-0.4, -0.2) is 42.5 Å². The SMILES string of the molecule is Nc1ncnc2c1ncn2[C@@H]1C[C@H](O)[C@H]2ON=C(c3ccccc3)[C@H]21. The largest absolute Gasteiger partial charge is 0.389 e. The Bertz CT molecular complexity index is 970. The standard InChI is InChI=1S/C17H16N6O2/c18-16-14-17(20-7-19-16)23(8-21-14)10-6-11(24)15-12(10)13(22-25-15)9-4-2-1-3-5-9/h1-5,7-8,10-12,15,24H,6H2,(H2,18,19,20)/t10-,11+,12-,15-/m1/s1. The molecule has 0 radical (unpaired) electrons. The number of nitrogens with two attached hydrogens (primary N) is 1. The zero-order valence-electron chi connectivity index (χ0n) is 13.2. The third kappa shape index (κ3) is 2.04. The van der Waals surface area contributed by atoms with Crippen LogP contribution < -0.4 is 5.73 Å². The molecule has 2 aliphatic rings. The molecular weight excluding hydrogens is 320 g/mol. The molecule has 8 nitrogen and oxygen atoms in total. The van der Waals surface area contributed by atoms with Crippen molar-refractivity contribution >= 4 is 22.7 Å². The Morgan fingerprint density at radius 1 is 1.16 bits per heavy atom. The molecule has 0 amide bonds. The highest BCUT2D eigenvalue weighted by molar-refractivity contribution is 6.03. The van der Waals surface area contributed by atoms with E-state index in [0.29, 0.717) is 23.4 Å². The highest BCUT2D eigenvalue weighted by Crippen LogP contribution is 2.44. The number of anilines is 1. The van der Waals surface area contributed by atoms with Crippen LogP contribution in [0, 0.1) is 5.92 Å². The van der Waals surface area contributed by atoms with Gasteiger partial charge in [-0.1, -0.05) is 35.5 Å². The van der Waals surface area contributed by atoms with Crippen molar-refractivity contribution < 1.29 is 9.94 Å². The average Bonchev–Trinajstić information content (AvgIpc) is 3.32. The lowest BCUT2D eigenvalue weighted by molar-refractivity contribution is -0.0104. The fourth-order valence-corrected chi connectivity index (χ4v) is 3.89. The lowest BCUT2D eigenvalue weighted by Gasteiger charge is -2.20. The van der Waals surface area contributed by atoms with Gasteiger partial charge in [0, 0.05) is 0 Å². The van der Waals surface area contributed by atoms with Crippen molar-refractivity contribution in [1.29, 1.82) is 0 Å². The highest BCUT2D eigenvalue weighted by atomic mass is 16.7. The van der Waals surface area contributed by atoms with Crippen molar-refractivity contribution in [3.63, 3.8) is 0 Å². The maximum Gasteiger partial charge on any atom is 0.165 e. The maximum absolute atomic E-state index is 10.5. The molecule has 4 atom stereocenters. The van der Waals surface area contributed by atoms with Crippen LogP contribution in [-0.2, 0) is 4.84 Å². The van der Waals surface area contributed by atoms with E-state index in [0.717, 1.165) is 11.3 Å². The number of aliphatic hydroxyl groups excluding tert-OH is 1. The summed E-state index contributed by atoms with van der Waals surface area (Å²) in [6.45, 7) is 0. The van der Waals surface area contributed by atoms with Crippen molar-refractivity contribution in [2.75, 3.05) is 5.73 Å². The summed E-state index contributed by atoms with van der Waals surface area (Å²) in [5, 5.41) is 14.7. The van der Waals surface area contributed by atoms with Gasteiger partial charge in [0.05, 0.1) is 30.1 Å². The number of aliphatic hydroxyl groups is 1. The lowest BCUT2D eigenvalue weighted by Crippen LogP contribution is -2.29. The number of hydrogen-bond donors (Lipinski definition) is 2. The van der Waals surface area contributed by atoms with Crippen LogP contribution in [0.3, 0.4) is 0 Å². The summed E-state index contributed by atoms with van der Waals surface area (Å²) in [4.78, 5) is 18.2. The number of oxime groups is 1. The summed E-state index contributed by atoms with van der Waals surface area (Å²) in [5.74, 6) is 0.268. The molecule has 5 rings (SSSR count). The predicted molar refractivity (Wildman–Crippen MR) is 90.7 cm³/mol. The summed E-state index contributed by atoms with van der Waals surface area (Å²) in [6.07, 6.45) is 2.71. The van der Waals surface area contributed by atoms with Crippen molar-refractivity contribution in [3.8, 4) is 0 Å². The summed E-state index contributed by atoms with van der Waals surface area (Å²) >= 11 is 0. The molecule has 3 heterocycles. The lowest BCUT2D eigenvalue weighted by atomic mass is 9.91. The zero-order valence-corrected chi connectivity index (χ0v) is 13.2. The van der Waals surface area contributed by atoms with Crippen molar-refractivity contribution in [3.05, 3.63) is 48.5 Å². The number of nitrogen functional groups attached to an aromatic ring is 1. The summed E-state index contributed by atoms with van der Waals surface area (Å²) in [6, 6.07) is 9.82. The van der Waals surface area contributed by atoms with Crippen LogP contribution in [0.5, 0.6) is 0 Å². The van der Waals surface area contributed by atoms with E-state index in [2.05, 4.69) is 20.1 Å². The number of aromatic nitrogens is 4. The Labute approximate surface area is 143 Å². The van der Waals surface area contributed by atoms with E-state index in [4.69, 9.17) is 10.6 Å². The molecule has 1 aliphatic heterocycles. The number of nitrogens with zero attached hydrogens (tertiary/aromatic N) is 5. The Morgan fingerprint density at radius 3 is 2.84 bits per heavy atom. The molecule has 1 aliphatic carbocycles. The van der Waals surface area contributed by atoms with Gasteiger partial charge in [-0.3, -0.25) is 0 Å². The molecule has 25 heavy (non-hydrogen) atoms. The Balaban J connectivity index is 1.61. The van der Waals surface area contributed by atoms with Gasteiger partial charge in [-0.15, -0.1) is 0 Å². The van der Waals surface area contributed by atoms with E-state index in [1.54, 1.807) is 6.33 Å². The average molecular weight is 336 g/mol. The molecule has 1 aromatic carbocycles. The minimum atomic E-state index is -0.600. The molecule has 8 heteroatoms. The predicted octanol–water partition coefficient (Wildman–Crippen LogP) is 1.13. The molecule has 3 aromatic rings. The molecule has 0 unspecified atom stereocenters. The van der Waals surface area contributed by atoms with Gasteiger partial charge in [0.15, 0.2) is 17.6 Å². The first-order chi connectivity index (χ1) is 12.2. The van der Waals surface area contributed by atoms with Gasteiger partial charge in [0.1, 0.15) is 11.8 Å². The number of imidazole rings is 1. The molecule has 0 spiro atoms. The molecule has 1 saturated carbocycles. The first kappa shape index (κ1) is 14.4. The van der Waals surface area contributed by atoms with Gasteiger partial charge < -0.3 is 20.2 Å². The quantitative estimate of drug-likeness (QED) is 0.726. The number of rotatable bonds is 2. The molecule has 126 valence electrons. The monoisotopic (exact) mass is 336 g/mol. The van der Waals surface area contributed by atoms with Gasteiger partial charge in [0.2, 0.25) is 0 Å². The van der Waals surface area contributed by atoms with Crippen LogP contribution >= 0.6 is 0 Å². The Morgan fingerprint density at radius 2 is 2.00 bits per heavy atom. The van der Waals surface area contributed by atoms with Crippen LogP contribution in [0.2, 0.25) is 0 Å². The second-order valence-corrected chi connectivity index (χ2v) is 6.39. The van der Waals surface area contributed by atoms with E-state index in [9.17, 15) is 5.11 Å². The van der Waals surface area contributed by atoms with E-state index in [1.165, 1.54) is 6.33 Å². The molecule has 0 saturated heterocycles. The van der Waals surface area contributed by atoms with E-state index < -0.39 is 6.10 Å². The van der Waals surface area contributed by atoms with Crippen LogP contribution in [0.1, 0.15) is 18.0 Å². The second kappa shape index (κ2) is 5.25. The van der Waals surface area contributed by atoms with Crippen molar-refractivity contribution in [2.45, 2.75) is 24.7 Å². The summed E-state index contributed by atoms with van der Waals surface area (Å²) in [7, 11) is 0. The molecule has 3 N–H and O–H groups in total. The normalized spacial score (nSPS) is 28.0. The van der Waals surface area contributed by atoms with Crippen LogP contribution in [0.25, 0.3) is 11.2 Å². The Hall–Kier alpha value is -3.00. The van der Waals surface area contributed by atoms with Crippen LogP contribution in [0.15, 0.2) is 48.1 Å². The third-order valence-electron chi connectivity index (χ3n) is 5.03. The van der Waals surface area contributed by atoms with Gasteiger partial charge in [-0.2, -0.15) is 0 Å². The van der Waals surface area contributed by atoms with E-state index in [-0.39, 0.29) is 18.1 Å². The first-order valence-electron chi connectivity index (χ1n) is 8.14. The van der Waals surface area contributed by atoms with Gasteiger partial charge in [0.25, 0.3) is 0 Å². The molecular formula is C17H16N6O2. The van der Waals surface area contributed by atoms with Crippen molar-refractivity contribution in [2.24, 2.45) is 11.1 Å². The molecule has 1 fully saturated rings. The highest BCUT2D eigenvalue weighted by Gasteiger charge is 2.52. The van der Waals surface area contributed by atoms with Gasteiger partial charge in [-0.25, -0.2) is 15.0 Å².